The molecule has 0 fully saturated rings. The summed E-state index contributed by atoms with van der Waals surface area (Å²) in [6.45, 7) is 2.76. The van der Waals surface area contributed by atoms with Gasteiger partial charge in [-0.1, -0.05) is 0 Å². The molecule has 0 aliphatic rings. The summed E-state index contributed by atoms with van der Waals surface area (Å²) >= 11 is 0. The van der Waals surface area contributed by atoms with Gasteiger partial charge in [0.25, 0.3) is 5.43 Å². The molecule has 0 bridgehead atoms. The van der Waals surface area contributed by atoms with Gasteiger partial charge < -0.3 is 0 Å². The highest BCUT2D eigenvalue weighted by Crippen LogP contribution is 2.04. The van der Waals surface area contributed by atoms with Crippen LogP contribution in [0.25, 0.3) is 0 Å². The molecule has 1 aromatic carbocycles. The van der Waals surface area contributed by atoms with E-state index in [2.05, 4.69) is 21.7 Å². The van der Waals surface area contributed by atoms with Gasteiger partial charge in [0, 0.05) is 25.3 Å². The van der Waals surface area contributed by atoms with E-state index in [1.54, 1.807) is 0 Å². The zero-order valence-electron chi connectivity index (χ0n) is 12.4. The second-order valence-corrected chi connectivity index (χ2v) is 4.77. The quantitative estimate of drug-likeness (QED) is 0.283. The average molecular weight is 310 g/mol. The fourth-order valence-corrected chi connectivity index (χ4v) is 1.64. The Kier molecular flexibility index (Phi) is 6.24. The number of anilines is 1. The fraction of sp³-hybridized carbons (Fsp3) is 0.462. The average Bonchev–Trinajstić information content (AvgIpc) is 2.49. The van der Waals surface area contributed by atoms with Gasteiger partial charge in [0.2, 0.25) is 23.2 Å². The van der Waals surface area contributed by atoms with Crippen LogP contribution < -0.4 is 32.6 Å². The van der Waals surface area contributed by atoms with Gasteiger partial charge in [0.05, 0.1) is 0 Å². The van der Waals surface area contributed by atoms with Crippen LogP contribution in [-0.2, 0) is 14.4 Å². The third kappa shape index (κ3) is 5.00. The van der Waals surface area contributed by atoms with E-state index in [4.69, 9.17) is 0 Å². The smallest absolute Gasteiger partial charge is 0.251 e. The highest BCUT2D eigenvalue weighted by atomic mass is 16.2. The van der Waals surface area contributed by atoms with Crippen molar-refractivity contribution in [3.8, 4) is 0 Å². The van der Waals surface area contributed by atoms with Gasteiger partial charge in [0.15, 0.2) is 0 Å². The molecule has 0 unspecified atom stereocenters. The monoisotopic (exact) mass is 310 g/mol. The molecule has 0 aromatic heterocycles. The van der Waals surface area contributed by atoms with Crippen LogP contribution in [0.4, 0.5) is 5.69 Å². The molecule has 4 N–H and O–H groups in total. The number of unbranched alkanes of at least 4 members (excludes halogenated alkanes) is 1. The van der Waals surface area contributed by atoms with Crippen molar-refractivity contribution < 1.29 is 14.4 Å². The van der Waals surface area contributed by atoms with Gasteiger partial charge in [-0.2, -0.15) is 0 Å². The van der Waals surface area contributed by atoms with E-state index in [1.807, 2.05) is 0 Å². The largest absolute Gasteiger partial charge is 0.294 e. The molecule has 22 heavy (non-hydrogen) atoms. The van der Waals surface area contributed by atoms with Crippen LogP contribution in [0.1, 0.15) is 38.2 Å². The number of hydrogen-bond acceptors (Lipinski definition) is 6. The van der Waals surface area contributed by atoms with Crippen LogP contribution >= 0.6 is 0 Å². The summed E-state index contributed by atoms with van der Waals surface area (Å²) < 4.78 is 0. The molecular weight excluding hydrogens is 292 g/mol. The molecule has 9 nitrogen and oxygen atoms in total. The van der Waals surface area contributed by atoms with Gasteiger partial charge in [-0.25, -0.2) is 0 Å². The highest BCUT2D eigenvalue weighted by Gasteiger charge is 2.16. The lowest BCUT2D eigenvalue weighted by atomic mass is 10.1. The minimum absolute atomic E-state index is 0.105. The van der Waals surface area contributed by atoms with Gasteiger partial charge in [-0.05, 0) is 19.8 Å². The Balaban J connectivity index is 2.14. The number of hydrogen-bond donors (Lipinski definition) is 4. The molecule has 1 aromatic rings. The predicted molar refractivity (Wildman–Crippen MR) is 78.3 cm³/mol. The van der Waals surface area contributed by atoms with Gasteiger partial charge in [-0.15, -0.1) is 0 Å². The zero-order valence-corrected chi connectivity index (χ0v) is 12.4. The molecule has 0 saturated carbocycles. The van der Waals surface area contributed by atoms with Crippen LogP contribution in [0.3, 0.4) is 0 Å². The minimum atomic E-state index is -0.646. The second kappa shape index (κ2) is 7.91. The van der Waals surface area contributed by atoms with Crippen molar-refractivity contribution in [1.29, 1.82) is 0 Å². The van der Waals surface area contributed by atoms with Crippen molar-refractivity contribution in [3.63, 3.8) is 0 Å². The molecule has 0 aliphatic carbocycles. The predicted octanol–water partition coefficient (Wildman–Crippen LogP) is -1.24. The van der Waals surface area contributed by atoms with Crippen LogP contribution in [0.2, 0.25) is 0 Å². The number of carbonyl (C=O) groups is 3. The summed E-state index contributed by atoms with van der Waals surface area (Å²) in [6, 6.07) is 0. The van der Waals surface area contributed by atoms with Gasteiger partial charge in [0.1, 0.15) is 5.69 Å². The molecule has 1 rings (SSSR count). The summed E-state index contributed by atoms with van der Waals surface area (Å²) in [5.74, 6) is -1.06. The Morgan fingerprint density at radius 3 is 1.91 bits per heavy atom. The zero-order chi connectivity index (χ0) is 16.7. The SMILES string of the molecule is CC(=O)NNC(=O)CCCCC(=O)NNc1c(C)c(=O)c1=O. The first kappa shape index (κ1) is 17.3. The Bertz CT molecular complexity index is 645. The van der Waals surface area contributed by atoms with Crippen molar-refractivity contribution >= 4 is 23.4 Å². The molecule has 0 heterocycles. The number of nitrogens with one attached hydrogen (secondary N) is 4. The van der Waals surface area contributed by atoms with E-state index in [-0.39, 0.29) is 36.3 Å². The second-order valence-electron chi connectivity index (χ2n) is 4.77. The molecule has 0 spiro atoms. The lowest BCUT2D eigenvalue weighted by molar-refractivity contribution is -0.128. The molecule has 0 aliphatic heterocycles. The molecule has 120 valence electrons. The normalized spacial score (nSPS) is 10.1. The summed E-state index contributed by atoms with van der Waals surface area (Å²) in [4.78, 5) is 55.4. The summed E-state index contributed by atoms with van der Waals surface area (Å²) in [5.41, 5.74) is 8.30. The highest BCUT2D eigenvalue weighted by molar-refractivity contribution is 5.81. The van der Waals surface area contributed by atoms with Crippen LogP contribution in [-0.4, -0.2) is 17.7 Å². The van der Waals surface area contributed by atoms with Crippen LogP contribution in [0.5, 0.6) is 0 Å². The summed E-state index contributed by atoms with van der Waals surface area (Å²) in [5, 5.41) is 0. The van der Waals surface area contributed by atoms with Crippen LogP contribution in [0, 0.1) is 6.92 Å². The number of carbonyl (C=O) groups excluding carboxylic acids is 3. The molecule has 0 atom stereocenters. The Morgan fingerprint density at radius 2 is 1.41 bits per heavy atom. The third-order valence-electron chi connectivity index (χ3n) is 2.91. The van der Waals surface area contributed by atoms with Crippen LogP contribution in [0.15, 0.2) is 9.59 Å². The Hall–Kier alpha value is -2.71. The van der Waals surface area contributed by atoms with E-state index in [0.717, 1.165) is 0 Å². The third-order valence-corrected chi connectivity index (χ3v) is 2.91. The molecule has 3 amide bonds. The van der Waals surface area contributed by atoms with Crippen molar-refractivity contribution in [1.82, 2.24) is 16.3 Å². The number of rotatable bonds is 7. The Morgan fingerprint density at radius 1 is 0.864 bits per heavy atom. The molecule has 0 radical (unpaired) electrons. The van der Waals surface area contributed by atoms with Crippen molar-refractivity contribution in [2.75, 3.05) is 5.43 Å². The minimum Gasteiger partial charge on any atom is -0.294 e. The summed E-state index contributed by atoms with van der Waals surface area (Å²) in [6.07, 6.45) is 1.27. The van der Waals surface area contributed by atoms with Gasteiger partial charge in [-0.3, -0.25) is 45.7 Å². The van der Waals surface area contributed by atoms with Gasteiger partial charge >= 0.3 is 0 Å². The molecule has 9 heteroatoms. The van der Waals surface area contributed by atoms with E-state index in [9.17, 15) is 24.0 Å². The fourth-order valence-electron chi connectivity index (χ4n) is 1.64. The number of hydrazine groups is 2. The molecular formula is C13H18N4O5. The van der Waals surface area contributed by atoms with E-state index in [1.165, 1.54) is 13.8 Å². The van der Waals surface area contributed by atoms with E-state index >= 15 is 0 Å². The number of amides is 3. The maximum atomic E-state index is 11.5. The maximum absolute atomic E-state index is 11.5. The first-order chi connectivity index (χ1) is 10.3. The summed E-state index contributed by atoms with van der Waals surface area (Å²) in [7, 11) is 0. The topological polar surface area (TPSA) is 133 Å². The lowest BCUT2D eigenvalue weighted by Crippen LogP contribution is -2.42. The first-order valence-electron chi connectivity index (χ1n) is 6.73. The maximum Gasteiger partial charge on any atom is 0.251 e. The van der Waals surface area contributed by atoms with Crippen molar-refractivity contribution in [2.24, 2.45) is 0 Å². The Labute approximate surface area is 126 Å². The van der Waals surface area contributed by atoms with Crippen molar-refractivity contribution in [3.05, 3.63) is 26.0 Å². The standard InChI is InChI=1S/C13H18N4O5/c1-7-11(13(22)12(7)21)17-16-10(20)6-4-3-5-9(19)15-14-8(2)18/h17H,3-6H2,1-2H3,(H,14,18)(H,15,19)(H,16,20). The van der Waals surface area contributed by atoms with Crippen molar-refractivity contribution in [2.45, 2.75) is 39.5 Å². The molecule has 0 saturated heterocycles. The first-order valence-corrected chi connectivity index (χ1v) is 6.73. The van der Waals surface area contributed by atoms with E-state index in [0.29, 0.717) is 18.4 Å². The van der Waals surface area contributed by atoms with E-state index < -0.39 is 10.9 Å². The lowest BCUT2D eigenvalue weighted by Gasteiger charge is -2.11.